The van der Waals surface area contributed by atoms with Gasteiger partial charge in [-0.15, -0.1) is 0 Å². The van der Waals surface area contributed by atoms with Gasteiger partial charge in [-0.2, -0.15) is 5.26 Å². The monoisotopic (exact) mass is 135 g/mol. The fraction of sp³-hybridized carbons (Fsp3) is 0.667. The van der Waals surface area contributed by atoms with Crippen molar-refractivity contribution in [2.45, 2.75) is 32.6 Å². The molecule has 54 valence electrons. The number of nitriles is 1. The van der Waals surface area contributed by atoms with E-state index in [1.807, 2.05) is 0 Å². The van der Waals surface area contributed by atoms with E-state index in [9.17, 15) is 0 Å². The van der Waals surface area contributed by atoms with E-state index >= 15 is 0 Å². The summed E-state index contributed by atoms with van der Waals surface area (Å²) >= 11 is 0. The van der Waals surface area contributed by atoms with Crippen molar-refractivity contribution >= 4 is 0 Å². The molecule has 0 amide bonds. The number of hydrogen-bond acceptors (Lipinski definition) is 1. The molecule has 0 aromatic rings. The standard InChI is InChI=1S/C9H13N/c1-8-4-2-3-5-9(8)6-7-10/h6,8H,2-5H2,1H3/b9-6-/t8-/m1/s1. The zero-order valence-electron chi connectivity index (χ0n) is 6.43. The lowest BCUT2D eigenvalue weighted by Gasteiger charge is -2.20. The zero-order chi connectivity index (χ0) is 7.40. The second-order valence-electron chi connectivity index (χ2n) is 3.00. The molecule has 1 fully saturated rings. The summed E-state index contributed by atoms with van der Waals surface area (Å²) in [6, 6.07) is 2.11. The van der Waals surface area contributed by atoms with Crippen LogP contribution >= 0.6 is 0 Å². The summed E-state index contributed by atoms with van der Waals surface area (Å²) in [6.45, 7) is 2.21. The minimum atomic E-state index is 0.661. The first-order valence-electron chi connectivity index (χ1n) is 3.93. The largest absolute Gasteiger partial charge is 0.193 e. The van der Waals surface area contributed by atoms with E-state index in [0.29, 0.717) is 5.92 Å². The first-order valence-corrected chi connectivity index (χ1v) is 3.93. The lowest BCUT2D eigenvalue weighted by Crippen LogP contribution is -2.05. The Bertz CT molecular complexity index is 174. The van der Waals surface area contributed by atoms with Gasteiger partial charge in [-0.3, -0.25) is 0 Å². The van der Waals surface area contributed by atoms with Crippen LogP contribution in [0.1, 0.15) is 32.6 Å². The molecule has 1 heteroatoms. The average molecular weight is 135 g/mol. The van der Waals surface area contributed by atoms with Gasteiger partial charge in [-0.05, 0) is 25.2 Å². The van der Waals surface area contributed by atoms with Crippen LogP contribution in [0.5, 0.6) is 0 Å². The van der Waals surface area contributed by atoms with E-state index in [-0.39, 0.29) is 0 Å². The van der Waals surface area contributed by atoms with Crippen molar-refractivity contribution in [2.24, 2.45) is 5.92 Å². The van der Waals surface area contributed by atoms with Crippen LogP contribution in [0.2, 0.25) is 0 Å². The molecule has 0 saturated heterocycles. The molecule has 0 bridgehead atoms. The molecule has 1 aliphatic carbocycles. The molecule has 1 nitrogen and oxygen atoms in total. The van der Waals surface area contributed by atoms with Crippen LogP contribution in [0.4, 0.5) is 0 Å². The van der Waals surface area contributed by atoms with Crippen LogP contribution in [0.3, 0.4) is 0 Å². The summed E-state index contributed by atoms with van der Waals surface area (Å²) in [5.74, 6) is 0.661. The van der Waals surface area contributed by atoms with Gasteiger partial charge in [0.1, 0.15) is 0 Å². The average Bonchev–Trinajstić information content (AvgIpc) is 1.94. The quantitative estimate of drug-likeness (QED) is 0.468. The van der Waals surface area contributed by atoms with Crippen molar-refractivity contribution in [1.82, 2.24) is 0 Å². The van der Waals surface area contributed by atoms with Gasteiger partial charge in [0.25, 0.3) is 0 Å². The van der Waals surface area contributed by atoms with E-state index in [1.54, 1.807) is 6.08 Å². The number of nitrogens with zero attached hydrogens (tertiary/aromatic N) is 1. The van der Waals surface area contributed by atoms with Crippen LogP contribution < -0.4 is 0 Å². The third-order valence-electron chi connectivity index (χ3n) is 2.24. The molecule has 1 aliphatic rings. The molecular formula is C9H13N. The third-order valence-corrected chi connectivity index (χ3v) is 2.24. The Kier molecular flexibility index (Phi) is 2.50. The normalized spacial score (nSPS) is 30.0. The maximum atomic E-state index is 8.41. The minimum Gasteiger partial charge on any atom is -0.193 e. The lowest BCUT2D eigenvalue weighted by molar-refractivity contribution is 0.484. The molecule has 1 atom stereocenters. The van der Waals surface area contributed by atoms with Crippen LogP contribution in [-0.4, -0.2) is 0 Å². The second-order valence-corrected chi connectivity index (χ2v) is 3.00. The predicted octanol–water partition coefficient (Wildman–Crippen LogP) is 2.65. The topological polar surface area (TPSA) is 23.8 Å². The number of rotatable bonds is 0. The minimum absolute atomic E-state index is 0.661. The summed E-state index contributed by atoms with van der Waals surface area (Å²) < 4.78 is 0. The summed E-state index contributed by atoms with van der Waals surface area (Å²) in [6.07, 6.45) is 6.76. The second kappa shape index (κ2) is 3.41. The van der Waals surface area contributed by atoms with Crippen molar-refractivity contribution in [3.05, 3.63) is 11.6 Å². The number of allylic oxidation sites excluding steroid dienone is 2. The predicted molar refractivity (Wildman–Crippen MR) is 41.3 cm³/mol. The Labute approximate surface area is 62.4 Å². The fourth-order valence-corrected chi connectivity index (χ4v) is 1.51. The summed E-state index contributed by atoms with van der Waals surface area (Å²) in [4.78, 5) is 0. The maximum absolute atomic E-state index is 8.41. The van der Waals surface area contributed by atoms with E-state index in [4.69, 9.17) is 5.26 Å². The Hall–Kier alpha value is -0.770. The highest BCUT2D eigenvalue weighted by atomic mass is 14.2. The highest BCUT2D eigenvalue weighted by Crippen LogP contribution is 2.28. The van der Waals surface area contributed by atoms with Gasteiger partial charge in [-0.25, -0.2) is 0 Å². The van der Waals surface area contributed by atoms with Crippen molar-refractivity contribution in [3.8, 4) is 6.07 Å². The van der Waals surface area contributed by atoms with Gasteiger partial charge in [0.15, 0.2) is 0 Å². The van der Waals surface area contributed by atoms with E-state index < -0.39 is 0 Å². The Balaban J connectivity index is 2.58. The molecule has 10 heavy (non-hydrogen) atoms. The van der Waals surface area contributed by atoms with Crippen LogP contribution in [0.25, 0.3) is 0 Å². The zero-order valence-corrected chi connectivity index (χ0v) is 6.43. The molecule has 0 unspecified atom stereocenters. The summed E-state index contributed by atoms with van der Waals surface area (Å²) in [5.41, 5.74) is 1.36. The Morgan fingerprint density at radius 2 is 2.40 bits per heavy atom. The van der Waals surface area contributed by atoms with Gasteiger partial charge in [0, 0.05) is 6.08 Å². The first-order chi connectivity index (χ1) is 4.84. The molecule has 0 radical (unpaired) electrons. The van der Waals surface area contributed by atoms with Crippen LogP contribution in [0, 0.1) is 17.2 Å². The Morgan fingerprint density at radius 3 is 3.00 bits per heavy atom. The Morgan fingerprint density at radius 1 is 1.60 bits per heavy atom. The molecule has 1 rings (SSSR count). The van der Waals surface area contributed by atoms with E-state index in [2.05, 4.69) is 13.0 Å². The molecule has 0 N–H and O–H groups in total. The molecule has 0 spiro atoms. The van der Waals surface area contributed by atoms with Gasteiger partial charge in [0.2, 0.25) is 0 Å². The summed E-state index contributed by atoms with van der Waals surface area (Å²) in [7, 11) is 0. The van der Waals surface area contributed by atoms with Crippen molar-refractivity contribution in [1.29, 1.82) is 5.26 Å². The molecule has 0 aromatic heterocycles. The molecule has 0 aliphatic heterocycles. The van der Waals surface area contributed by atoms with Crippen molar-refractivity contribution in [2.75, 3.05) is 0 Å². The molecule has 1 saturated carbocycles. The van der Waals surface area contributed by atoms with Gasteiger partial charge >= 0.3 is 0 Å². The lowest BCUT2D eigenvalue weighted by atomic mass is 9.85. The van der Waals surface area contributed by atoms with E-state index in [0.717, 1.165) is 6.42 Å². The van der Waals surface area contributed by atoms with Crippen LogP contribution in [-0.2, 0) is 0 Å². The number of hydrogen-bond donors (Lipinski definition) is 0. The molecule has 0 aromatic carbocycles. The van der Waals surface area contributed by atoms with Gasteiger partial charge in [0.05, 0.1) is 6.07 Å². The van der Waals surface area contributed by atoms with Gasteiger partial charge in [-0.1, -0.05) is 18.9 Å². The van der Waals surface area contributed by atoms with Crippen LogP contribution in [0.15, 0.2) is 11.6 Å². The SMILES string of the molecule is C[C@@H]1CCCC/C1=C/C#N. The fourth-order valence-electron chi connectivity index (χ4n) is 1.51. The first kappa shape index (κ1) is 7.34. The molecular weight excluding hydrogens is 122 g/mol. The third kappa shape index (κ3) is 1.60. The van der Waals surface area contributed by atoms with Gasteiger partial charge < -0.3 is 0 Å². The maximum Gasteiger partial charge on any atom is 0.0911 e. The summed E-state index contributed by atoms with van der Waals surface area (Å²) in [5, 5.41) is 8.41. The highest BCUT2D eigenvalue weighted by Gasteiger charge is 2.12. The van der Waals surface area contributed by atoms with Crippen molar-refractivity contribution < 1.29 is 0 Å². The smallest absolute Gasteiger partial charge is 0.0911 e. The molecule has 0 heterocycles. The van der Waals surface area contributed by atoms with Crippen molar-refractivity contribution in [3.63, 3.8) is 0 Å². The highest BCUT2D eigenvalue weighted by molar-refractivity contribution is 5.16. The van der Waals surface area contributed by atoms with E-state index in [1.165, 1.54) is 24.8 Å².